The van der Waals surface area contributed by atoms with Crippen molar-refractivity contribution < 1.29 is 4.79 Å². The number of rotatable bonds is 11. The predicted molar refractivity (Wildman–Crippen MR) is 130 cm³/mol. The van der Waals surface area contributed by atoms with E-state index in [2.05, 4.69) is 31.2 Å². The maximum absolute atomic E-state index is 11.9. The second kappa shape index (κ2) is 11.7. The third-order valence-corrected chi connectivity index (χ3v) is 4.73. The molecule has 0 spiro atoms. The first-order valence-corrected chi connectivity index (χ1v) is 10.6. The van der Waals surface area contributed by atoms with Crippen LogP contribution >= 0.6 is 0 Å². The summed E-state index contributed by atoms with van der Waals surface area (Å²) in [5.41, 5.74) is 3.95. The monoisotopic (exact) mass is 416 g/mol. The number of aryl methyl sites for hydroxylation is 1. The summed E-state index contributed by atoms with van der Waals surface area (Å²) >= 11 is 0. The molecule has 31 heavy (non-hydrogen) atoms. The zero-order valence-corrected chi connectivity index (χ0v) is 18.1. The lowest BCUT2D eigenvalue weighted by atomic mass is 9.99. The molecule has 0 aliphatic rings. The molecule has 0 saturated carbocycles. The first-order chi connectivity index (χ1) is 15.1. The Morgan fingerprint density at radius 2 is 1.71 bits per heavy atom. The van der Waals surface area contributed by atoms with Gasteiger partial charge in [0.25, 0.3) is 0 Å². The van der Waals surface area contributed by atoms with Crippen molar-refractivity contribution in [2.75, 3.05) is 30.3 Å². The number of benzene rings is 2. The summed E-state index contributed by atoms with van der Waals surface area (Å²) in [6, 6.07) is 17.9. The lowest BCUT2D eigenvalue weighted by Gasteiger charge is -2.11. The van der Waals surface area contributed by atoms with E-state index in [1.54, 1.807) is 6.20 Å². The normalized spacial score (nSPS) is 10.5. The number of aromatic nitrogens is 2. The van der Waals surface area contributed by atoms with E-state index in [1.807, 2.05) is 69.4 Å². The van der Waals surface area contributed by atoms with Crippen molar-refractivity contribution in [3.8, 4) is 0 Å². The van der Waals surface area contributed by atoms with E-state index in [4.69, 9.17) is 0 Å². The lowest BCUT2D eigenvalue weighted by molar-refractivity contribution is -0.121. The van der Waals surface area contributed by atoms with Crippen LogP contribution in [0.5, 0.6) is 0 Å². The summed E-state index contributed by atoms with van der Waals surface area (Å²) in [5, 5.41) is 12.7. The smallest absolute Gasteiger partial charge is 0.229 e. The maximum Gasteiger partial charge on any atom is 0.229 e. The molecule has 1 amide bonds. The van der Waals surface area contributed by atoms with Gasteiger partial charge in [-0.3, -0.25) is 4.79 Å². The summed E-state index contributed by atoms with van der Waals surface area (Å²) < 4.78 is 0. The van der Waals surface area contributed by atoms with Crippen molar-refractivity contribution in [2.24, 2.45) is 0 Å². The van der Waals surface area contributed by atoms with Crippen molar-refractivity contribution in [2.45, 2.75) is 19.8 Å². The molecule has 160 valence electrons. The summed E-state index contributed by atoms with van der Waals surface area (Å²) in [6.45, 7) is 4.42. The molecular formula is C23H29BN6O. The molecule has 1 heterocycles. The fraction of sp³-hybridized carbons (Fsp3) is 0.261. The van der Waals surface area contributed by atoms with Crippen molar-refractivity contribution in [3.63, 3.8) is 0 Å². The van der Waals surface area contributed by atoms with Crippen LogP contribution in [0.1, 0.15) is 18.9 Å². The number of para-hydroxylation sites is 1. The molecule has 0 radical (unpaired) electrons. The standard InChI is InChI=1S/C23H29BN6O/c1-2-25-14-15-26-21(31)13-10-17-8-11-19(12-9-17)29-23-27-16-20(24)22(30-23)28-18-6-4-3-5-7-18/h3-9,11-12,16,25H,2,10,13-15,24H2,1H3,(H,26,31)(H2,27,28,29,30). The summed E-state index contributed by atoms with van der Waals surface area (Å²) in [6.07, 6.45) is 2.98. The minimum atomic E-state index is 0.0756. The molecule has 7 nitrogen and oxygen atoms in total. The lowest BCUT2D eigenvalue weighted by Crippen LogP contribution is -2.31. The molecule has 0 fully saturated rings. The minimum Gasteiger partial charge on any atom is -0.355 e. The zero-order chi connectivity index (χ0) is 21.9. The second-order valence-electron chi connectivity index (χ2n) is 7.24. The molecule has 0 atom stereocenters. The fourth-order valence-corrected chi connectivity index (χ4v) is 2.98. The van der Waals surface area contributed by atoms with Crippen LogP contribution in [0.15, 0.2) is 60.8 Å². The molecule has 3 aromatic rings. The van der Waals surface area contributed by atoms with Gasteiger partial charge < -0.3 is 21.3 Å². The highest BCUT2D eigenvalue weighted by Crippen LogP contribution is 2.17. The van der Waals surface area contributed by atoms with Gasteiger partial charge in [0, 0.05) is 37.1 Å². The summed E-state index contributed by atoms with van der Waals surface area (Å²) in [5.74, 6) is 1.36. The third-order valence-electron chi connectivity index (χ3n) is 4.73. The molecular weight excluding hydrogens is 387 g/mol. The van der Waals surface area contributed by atoms with Crippen LogP contribution < -0.4 is 26.7 Å². The van der Waals surface area contributed by atoms with E-state index in [-0.39, 0.29) is 5.91 Å². The fourth-order valence-electron chi connectivity index (χ4n) is 2.98. The topological polar surface area (TPSA) is 91.0 Å². The van der Waals surface area contributed by atoms with Gasteiger partial charge in [-0.25, -0.2) is 4.98 Å². The molecule has 0 aliphatic heterocycles. The number of likely N-dealkylation sites (N-methyl/N-ethyl adjacent to an activating group) is 1. The molecule has 4 N–H and O–H groups in total. The Morgan fingerprint density at radius 1 is 0.968 bits per heavy atom. The molecule has 3 rings (SSSR count). The largest absolute Gasteiger partial charge is 0.355 e. The van der Waals surface area contributed by atoms with Crippen LogP contribution in [-0.2, 0) is 11.2 Å². The predicted octanol–water partition coefficient (Wildman–Crippen LogP) is 1.88. The highest BCUT2D eigenvalue weighted by Gasteiger charge is 2.06. The van der Waals surface area contributed by atoms with Crippen LogP contribution in [0.2, 0.25) is 0 Å². The number of amides is 1. The Kier molecular flexibility index (Phi) is 8.43. The van der Waals surface area contributed by atoms with Gasteiger partial charge >= 0.3 is 0 Å². The number of hydrogen-bond donors (Lipinski definition) is 4. The SMILES string of the molecule is Bc1cnc(Nc2ccc(CCC(=O)NCCNCC)cc2)nc1Nc1ccccc1. The first kappa shape index (κ1) is 22.3. The molecule has 1 aromatic heterocycles. The quantitative estimate of drug-likeness (QED) is 0.282. The van der Waals surface area contributed by atoms with Gasteiger partial charge in [0.2, 0.25) is 11.9 Å². The number of carbonyl (C=O) groups is 1. The minimum absolute atomic E-state index is 0.0756. The number of nitrogens with zero attached hydrogens (tertiary/aromatic N) is 2. The number of hydrogen-bond acceptors (Lipinski definition) is 6. The van der Waals surface area contributed by atoms with Gasteiger partial charge in [-0.1, -0.05) is 37.3 Å². The van der Waals surface area contributed by atoms with Crippen molar-refractivity contribution in [3.05, 3.63) is 66.4 Å². The van der Waals surface area contributed by atoms with Crippen LogP contribution in [0.25, 0.3) is 0 Å². The van der Waals surface area contributed by atoms with Crippen LogP contribution in [-0.4, -0.2) is 43.4 Å². The zero-order valence-electron chi connectivity index (χ0n) is 18.1. The first-order valence-electron chi connectivity index (χ1n) is 10.6. The Hall–Kier alpha value is -3.39. The number of anilines is 4. The van der Waals surface area contributed by atoms with Crippen molar-refractivity contribution >= 4 is 42.4 Å². The van der Waals surface area contributed by atoms with Gasteiger partial charge in [-0.15, -0.1) is 0 Å². The van der Waals surface area contributed by atoms with E-state index in [0.717, 1.165) is 41.3 Å². The second-order valence-corrected chi connectivity index (χ2v) is 7.24. The number of nitrogens with one attached hydrogen (secondary N) is 4. The van der Waals surface area contributed by atoms with E-state index < -0.39 is 0 Å². The Bertz CT molecular complexity index is 966. The van der Waals surface area contributed by atoms with Crippen LogP contribution in [0, 0.1) is 0 Å². The van der Waals surface area contributed by atoms with Gasteiger partial charge in [0.15, 0.2) is 0 Å². The van der Waals surface area contributed by atoms with Crippen molar-refractivity contribution in [1.82, 2.24) is 20.6 Å². The number of carbonyl (C=O) groups excluding carboxylic acids is 1. The summed E-state index contributed by atoms with van der Waals surface area (Å²) in [7, 11) is 1.97. The van der Waals surface area contributed by atoms with Gasteiger partial charge in [-0.2, -0.15) is 4.98 Å². The maximum atomic E-state index is 11.9. The molecule has 0 bridgehead atoms. The average molecular weight is 416 g/mol. The van der Waals surface area contributed by atoms with E-state index in [1.165, 1.54) is 0 Å². The van der Waals surface area contributed by atoms with Gasteiger partial charge in [0.05, 0.1) is 0 Å². The van der Waals surface area contributed by atoms with Crippen molar-refractivity contribution in [1.29, 1.82) is 0 Å². The molecule has 2 aromatic carbocycles. The van der Waals surface area contributed by atoms with E-state index in [0.29, 0.717) is 25.3 Å². The molecule has 8 heteroatoms. The van der Waals surface area contributed by atoms with Crippen LogP contribution in [0.3, 0.4) is 0 Å². The Labute approximate surface area is 184 Å². The Morgan fingerprint density at radius 3 is 2.45 bits per heavy atom. The average Bonchev–Trinajstić information content (AvgIpc) is 2.79. The molecule has 0 aliphatic carbocycles. The van der Waals surface area contributed by atoms with Gasteiger partial charge in [0.1, 0.15) is 13.7 Å². The van der Waals surface area contributed by atoms with E-state index in [9.17, 15) is 4.79 Å². The van der Waals surface area contributed by atoms with E-state index >= 15 is 0 Å². The summed E-state index contributed by atoms with van der Waals surface area (Å²) in [4.78, 5) is 20.9. The highest BCUT2D eigenvalue weighted by molar-refractivity contribution is 6.35. The van der Waals surface area contributed by atoms with Gasteiger partial charge in [-0.05, 0) is 48.3 Å². The third kappa shape index (κ3) is 7.42. The Balaban J connectivity index is 1.52. The molecule has 0 saturated heterocycles. The highest BCUT2D eigenvalue weighted by atomic mass is 16.1. The van der Waals surface area contributed by atoms with Crippen LogP contribution in [0.4, 0.5) is 23.1 Å². The molecule has 0 unspecified atom stereocenters.